The van der Waals surface area contributed by atoms with Crippen LogP contribution in [0, 0.1) is 0 Å². The highest BCUT2D eigenvalue weighted by atomic mass is 19.4. The number of carbonyl (C=O) groups is 1. The molecule has 1 unspecified atom stereocenters. The van der Waals surface area contributed by atoms with Crippen molar-refractivity contribution in [2.24, 2.45) is 5.73 Å². The summed E-state index contributed by atoms with van der Waals surface area (Å²) in [6, 6.07) is 4.46. The maximum Gasteiger partial charge on any atom is 0.422 e. The Kier molecular flexibility index (Phi) is 5.17. The summed E-state index contributed by atoms with van der Waals surface area (Å²) in [4.78, 5) is 21.6. The van der Waals surface area contributed by atoms with Crippen molar-refractivity contribution in [3.8, 4) is 6.01 Å². The first kappa shape index (κ1) is 18.9. The fourth-order valence-electron chi connectivity index (χ4n) is 2.79. The van der Waals surface area contributed by atoms with Gasteiger partial charge in [0.2, 0.25) is 5.91 Å². The van der Waals surface area contributed by atoms with Crippen molar-refractivity contribution in [2.75, 3.05) is 29.9 Å². The summed E-state index contributed by atoms with van der Waals surface area (Å²) in [6.45, 7) is 3.03. The van der Waals surface area contributed by atoms with Gasteiger partial charge in [-0.1, -0.05) is 6.58 Å². The largest absolute Gasteiger partial charge is 0.454 e. The van der Waals surface area contributed by atoms with Crippen molar-refractivity contribution in [3.05, 3.63) is 30.9 Å². The average Bonchev–Trinajstić information content (AvgIpc) is 3.04. The van der Waals surface area contributed by atoms with Crippen molar-refractivity contribution >= 4 is 28.3 Å². The van der Waals surface area contributed by atoms with E-state index in [4.69, 9.17) is 10.5 Å². The van der Waals surface area contributed by atoms with Crippen LogP contribution in [0.5, 0.6) is 6.01 Å². The SMILES string of the molecule is C=CC(=O)Nc1ccc2c(N3CCC(N)C3)nc(OCC(F)(F)F)nc2c1. The number of hydrogen-bond donors (Lipinski definition) is 2. The molecule has 0 spiro atoms. The fraction of sp³-hybridized carbons (Fsp3) is 0.353. The van der Waals surface area contributed by atoms with Crippen molar-refractivity contribution in [2.45, 2.75) is 18.6 Å². The van der Waals surface area contributed by atoms with Gasteiger partial charge in [0.15, 0.2) is 6.61 Å². The smallest absolute Gasteiger partial charge is 0.422 e. The number of anilines is 2. The second-order valence-electron chi connectivity index (χ2n) is 6.15. The van der Waals surface area contributed by atoms with Gasteiger partial charge >= 0.3 is 12.2 Å². The maximum atomic E-state index is 12.5. The molecule has 1 amide bonds. The molecule has 10 heteroatoms. The topological polar surface area (TPSA) is 93.4 Å². The highest BCUT2D eigenvalue weighted by Gasteiger charge is 2.30. The van der Waals surface area contributed by atoms with E-state index < -0.39 is 18.7 Å². The van der Waals surface area contributed by atoms with Crippen LogP contribution in [0.15, 0.2) is 30.9 Å². The molecule has 0 saturated carbocycles. The second kappa shape index (κ2) is 7.39. The van der Waals surface area contributed by atoms with E-state index in [0.717, 1.165) is 12.5 Å². The van der Waals surface area contributed by atoms with E-state index in [1.165, 1.54) is 0 Å². The lowest BCUT2D eigenvalue weighted by Gasteiger charge is -2.20. The number of amides is 1. The van der Waals surface area contributed by atoms with Gasteiger partial charge in [0.1, 0.15) is 5.82 Å². The Morgan fingerprint density at radius 1 is 1.44 bits per heavy atom. The lowest BCUT2D eigenvalue weighted by atomic mass is 10.2. The number of carbonyl (C=O) groups excluding carboxylic acids is 1. The number of nitrogens with two attached hydrogens (primary N) is 1. The Balaban J connectivity index is 2.01. The van der Waals surface area contributed by atoms with E-state index >= 15 is 0 Å². The lowest BCUT2D eigenvalue weighted by molar-refractivity contribution is -0.154. The van der Waals surface area contributed by atoms with Gasteiger partial charge in [-0.05, 0) is 30.7 Å². The normalized spacial score (nSPS) is 17.2. The minimum atomic E-state index is -4.51. The summed E-state index contributed by atoms with van der Waals surface area (Å²) in [5, 5.41) is 3.21. The number of aromatic nitrogens is 2. The van der Waals surface area contributed by atoms with E-state index in [1.54, 1.807) is 18.2 Å². The summed E-state index contributed by atoms with van der Waals surface area (Å²) in [5.74, 6) is 0.0365. The van der Waals surface area contributed by atoms with Crippen LogP contribution in [-0.4, -0.2) is 47.8 Å². The molecule has 1 fully saturated rings. The van der Waals surface area contributed by atoms with E-state index in [9.17, 15) is 18.0 Å². The van der Waals surface area contributed by atoms with Gasteiger partial charge in [0.25, 0.3) is 0 Å². The van der Waals surface area contributed by atoms with Crippen molar-refractivity contribution < 1.29 is 22.7 Å². The molecule has 1 saturated heterocycles. The third kappa shape index (κ3) is 4.64. The molecule has 2 aromatic rings. The number of rotatable bonds is 5. The summed E-state index contributed by atoms with van der Waals surface area (Å²) in [6.07, 6.45) is -2.65. The first-order chi connectivity index (χ1) is 12.7. The van der Waals surface area contributed by atoms with Crippen molar-refractivity contribution in [1.29, 1.82) is 0 Å². The zero-order valence-corrected chi connectivity index (χ0v) is 14.3. The number of ether oxygens (including phenoxy) is 1. The Bertz CT molecular complexity index is 872. The molecule has 1 atom stereocenters. The second-order valence-corrected chi connectivity index (χ2v) is 6.15. The molecule has 0 bridgehead atoms. The third-order valence-corrected chi connectivity index (χ3v) is 4.00. The molecule has 0 radical (unpaired) electrons. The number of nitrogens with one attached hydrogen (secondary N) is 1. The van der Waals surface area contributed by atoms with Gasteiger partial charge in [-0.3, -0.25) is 4.79 Å². The van der Waals surface area contributed by atoms with Crippen LogP contribution in [0.3, 0.4) is 0 Å². The van der Waals surface area contributed by atoms with Crippen LogP contribution >= 0.6 is 0 Å². The predicted molar refractivity (Wildman–Crippen MR) is 94.7 cm³/mol. The van der Waals surface area contributed by atoms with Crippen molar-refractivity contribution in [1.82, 2.24) is 9.97 Å². The number of nitrogens with zero attached hydrogens (tertiary/aromatic N) is 3. The molecule has 1 aliphatic rings. The quantitative estimate of drug-likeness (QED) is 0.772. The molecule has 27 heavy (non-hydrogen) atoms. The minimum Gasteiger partial charge on any atom is -0.454 e. The zero-order chi connectivity index (χ0) is 19.6. The van der Waals surface area contributed by atoms with Crippen LogP contribution in [0.25, 0.3) is 10.9 Å². The lowest BCUT2D eigenvalue weighted by Crippen LogP contribution is -2.27. The molecule has 3 N–H and O–H groups in total. The van der Waals surface area contributed by atoms with Gasteiger partial charge in [0, 0.05) is 30.2 Å². The molecule has 2 heterocycles. The zero-order valence-electron chi connectivity index (χ0n) is 14.3. The summed E-state index contributed by atoms with van der Waals surface area (Å²) in [7, 11) is 0. The monoisotopic (exact) mass is 381 g/mol. The predicted octanol–water partition coefficient (Wildman–Crippen LogP) is 2.23. The van der Waals surface area contributed by atoms with Crippen LogP contribution in [0.2, 0.25) is 0 Å². The van der Waals surface area contributed by atoms with Gasteiger partial charge in [-0.25, -0.2) is 0 Å². The van der Waals surface area contributed by atoms with E-state index in [1.807, 2.05) is 4.90 Å². The van der Waals surface area contributed by atoms with Crippen LogP contribution < -0.4 is 20.7 Å². The maximum absolute atomic E-state index is 12.5. The molecule has 0 aliphatic carbocycles. The van der Waals surface area contributed by atoms with Crippen LogP contribution in [-0.2, 0) is 4.79 Å². The first-order valence-electron chi connectivity index (χ1n) is 8.20. The molecular weight excluding hydrogens is 363 g/mol. The van der Waals surface area contributed by atoms with E-state index in [2.05, 4.69) is 21.9 Å². The van der Waals surface area contributed by atoms with Crippen LogP contribution in [0.1, 0.15) is 6.42 Å². The summed E-state index contributed by atoms with van der Waals surface area (Å²) in [5.41, 5.74) is 6.71. The fourth-order valence-corrected chi connectivity index (χ4v) is 2.79. The Morgan fingerprint density at radius 3 is 2.85 bits per heavy atom. The first-order valence-corrected chi connectivity index (χ1v) is 8.20. The van der Waals surface area contributed by atoms with Gasteiger partial charge < -0.3 is 20.7 Å². The van der Waals surface area contributed by atoms with Gasteiger partial charge in [-0.2, -0.15) is 23.1 Å². The minimum absolute atomic E-state index is 0.0410. The van der Waals surface area contributed by atoms with Gasteiger partial charge in [-0.15, -0.1) is 0 Å². The third-order valence-electron chi connectivity index (χ3n) is 4.00. The number of fused-ring (bicyclic) bond motifs is 1. The number of hydrogen-bond acceptors (Lipinski definition) is 6. The van der Waals surface area contributed by atoms with Crippen LogP contribution in [0.4, 0.5) is 24.7 Å². The number of halogens is 3. The molecule has 1 aliphatic heterocycles. The standard InChI is InChI=1S/C17H18F3N5O2/c1-2-14(26)22-11-3-4-12-13(7-11)23-16(27-9-17(18,19)20)24-15(12)25-6-5-10(21)8-25/h2-4,7,10H,1,5-6,8-9,21H2,(H,22,26). The molecule has 1 aromatic carbocycles. The molecule has 7 nitrogen and oxygen atoms in total. The molecule has 1 aromatic heterocycles. The number of benzene rings is 1. The number of alkyl halides is 3. The molecule has 3 rings (SSSR count). The van der Waals surface area contributed by atoms with Crippen molar-refractivity contribution in [3.63, 3.8) is 0 Å². The highest BCUT2D eigenvalue weighted by molar-refractivity contribution is 6.01. The summed E-state index contributed by atoms with van der Waals surface area (Å²) < 4.78 is 42.2. The Morgan fingerprint density at radius 2 is 2.22 bits per heavy atom. The molecule has 144 valence electrons. The average molecular weight is 381 g/mol. The Hall–Kier alpha value is -2.88. The Labute approximate surface area is 153 Å². The van der Waals surface area contributed by atoms with E-state index in [0.29, 0.717) is 35.5 Å². The highest BCUT2D eigenvalue weighted by Crippen LogP contribution is 2.30. The van der Waals surface area contributed by atoms with Gasteiger partial charge in [0.05, 0.1) is 5.52 Å². The summed E-state index contributed by atoms with van der Waals surface area (Å²) >= 11 is 0. The van der Waals surface area contributed by atoms with E-state index in [-0.39, 0.29) is 12.1 Å². The molecular formula is C17H18F3N5O2.